The summed E-state index contributed by atoms with van der Waals surface area (Å²) in [5.41, 5.74) is 2.25. The van der Waals surface area contributed by atoms with E-state index in [1.807, 2.05) is 48.5 Å². The summed E-state index contributed by atoms with van der Waals surface area (Å²) < 4.78 is 5.86. The van der Waals surface area contributed by atoms with E-state index in [4.69, 9.17) is 17.0 Å². The maximum Gasteiger partial charge on any atom is 0.170 e. The fraction of sp³-hybridized carbons (Fsp3) is 0.188. The van der Waals surface area contributed by atoms with E-state index < -0.39 is 0 Å². The van der Waals surface area contributed by atoms with E-state index in [2.05, 4.69) is 16.7 Å². The molecule has 0 spiro atoms. The number of hydrogen-bond acceptors (Lipinski definition) is 2. The minimum Gasteiger partial charge on any atom is -0.488 e. The van der Waals surface area contributed by atoms with Gasteiger partial charge in [-0.2, -0.15) is 0 Å². The van der Waals surface area contributed by atoms with E-state index in [1.165, 1.54) is 5.56 Å². The fourth-order valence-corrected chi connectivity index (χ4v) is 2.47. The molecular weight excluding hydrogens is 268 g/mol. The predicted octanol–water partition coefficient (Wildman–Crippen LogP) is 2.98. The van der Waals surface area contributed by atoms with Crippen molar-refractivity contribution in [1.29, 1.82) is 0 Å². The Morgan fingerprint density at radius 2 is 1.85 bits per heavy atom. The number of fused-ring (bicyclic) bond motifs is 1. The summed E-state index contributed by atoms with van der Waals surface area (Å²) in [5.74, 6) is 0.987. The maximum absolute atomic E-state index is 5.86. The second-order valence-electron chi connectivity index (χ2n) is 4.75. The number of rotatable bonds is 3. The van der Waals surface area contributed by atoms with Gasteiger partial charge in [0.1, 0.15) is 11.9 Å². The number of benzene rings is 2. The van der Waals surface area contributed by atoms with Gasteiger partial charge in [0.15, 0.2) is 5.11 Å². The summed E-state index contributed by atoms with van der Waals surface area (Å²) in [6.45, 7) is 0.702. The molecular formula is C16H16N2OS. The highest BCUT2D eigenvalue weighted by atomic mass is 32.1. The van der Waals surface area contributed by atoms with E-state index >= 15 is 0 Å². The molecule has 3 nitrogen and oxygen atoms in total. The normalized spacial score (nSPS) is 16.1. The molecule has 1 atom stereocenters. The third-order valence-electron chi connectivity index (χ3n) is 3.24. The highest BCUT2D eigenvalue weighted by Gasteiger charge is 2.21. The third kappa shape index (κ3) is 3.08. The Morgan fingerprint density at radius 3 is 2.65 bits per heavy atom. The van der Waals surface area contributed by atoms with Crippen molar-refractivity contribution < 1.29 is 4.74 Å². The van der Waals surface area contributed by atoms with E-state index in [0.717, 1.165) is 17.9 Å². The average molecular weight is 284 g/mol. The van der Waals surface area contributed by atoms with Gasteiger partial charge in [-0.1, -0.05) is 36.4 Å². The van der Waals surface area contributed by atoms with E-state index in [1.54, 1.807) is 0 Å². The van der Waals surface area contributed by atoms with Gasteiger partial charge in [-0.3, -0.25) is 0 Å². The first kappa shape index (κ1) is 12.9. The molecule has 1 aliphatic rings. The molecule has 0 aliphatic carbocycles. The van der Waals surface area contributed by atoms with Gasteiger partial charge < -0.3 is 15.4 Å². The Kier molecular flexibility index (Phi) is 3.83. The summed E-state index contributed by atoms with van der Waals surface area (Å²) in [4.78, 5) is 0. The first-order valence-electron chi connectivity index (χ1n) is 6.66. The lowest BCUT2D eigenvalue weighted by Gasteiger charge is -2.14. The van der Waals surface area contributed by atoms with Crippen LogP contribution in [0.25, 0.3) is 0 Å². The van der Waals surface area contributed by atoms with Gasteiger partial charge in [0, 0.05) is 12.1 Å². The smallest absolute Gasteiger partial charge is 0.170 e. The van der Waals surface area contributed by atoms with Crippen LogP contribution in [0, 0.1) is 0 Å². The molecule has 1 aliphatic heterocycles. The van der Waals surface area contributed by atoms with Crippen LogP contribution in [-0.2, 0) is 6.42 Å². The molecule has 3 rings (SSSR count). The van der Waals surface area contributed by atoms with Crippen molar-refractivity contribution in [2.45, 2.75) is 12.5 Å². The SMILES string of the molecule is S=C(NCC1Cc2ccccc2O1)Nc1ccccc1. The molecule has 0 amide bonds. The lowest BCUT2D eigenvalue weighted by molar-refractivity contribution is 0.235. The highest BCUT2D eigenvalue weighted by Crippen LogP contribution is 2.27. The molecule has 0 fully saturated rings. The molecule has 2 aromatic carbocycles. The number of ether oxygens (including phenoxy) is 1. The van der Waals surface area contributed by atoms with E-state index in [-0.39, 0.29) is 6.10 Å². The molecule has 2 N–H and O–H groups in total. The summed E-state index contributed by atoms with van der Waals surface area (Å²) in [6.07, 6.45) is 1.07. The molecule has 2 aromatic rings. The van der Waals surface area contributed by atoms with Gasteiger partial charge in [0.05, 0.1) is 6.54 Å². The average Bonchev–Trinajstić information content (AvgIpc) is 2.89. The molecule has 20 heavy (non-hydrogen) atoms. The number of anilines is 1. The molecule has 0 saturated carbocycles. The van der Waals surface area contributed by atoms with Crippen molar-refractivity contribution in [2.24, 2.45) is 0 Å². The zero-order valence-corrected chi connectivity index (χ0v) is 11.8. The Balaban J connectivity index is 1.48. The molecule has 4 heteroatoms. The molecule has 0 saturated heterocycles. The van der Waals surface area contributed by atoms with Crippen molar-refractivity contribution in [1.82, 2.24) is 5.32 Å². The quantitative estimate of drug-likeness (QED) is 0.849. The van der Waals surface area contributed by atoms with Crippen molar-refractivity contribution in [3.8, 4) is 5.75 Å². The van der Waals surface area contributed by atoms with Crippen LogP contribution in [0.1, 0.15) is 5.56 Å². The largest absolute Gasteiger partial charge is 0.488 e. The van der Waals surface area contributed by atoms with Crippen molar-refractivity contribution in [3.63, 3.8) is 0 Å². The van der Waals surface area contributed by atoms with Gasteiger partial charge in [0.2, 0.25) is 0 Å². The minimum absolute atomic E-state index is 0.142. The summed E-state index contributed by atoms with van der Waals surface area (Å²) in [6, 6.07) is 18.0. The van der Waals surface area contributed by atoms with E-state index in [9.17, 15) is 0 Å². The number of thiocarbonyl (C=S) groups is 1. The molecule has 102 valence electrons. The van der Waals surface area contributed by atoms with Crippen LogP contribution in [0.2, 0.25) is 0 Å². The summed E-state index contributed by atoms with van der Waals surface area (Å²) in [7, 11) is 0. The molecule has 1 unspecified atom stereocenters. The second kappa shape index (κ2) is 5.92. The highest BCUT2D eigenvalue weighted by molar-refractivity contribution is 7.80. The maximum atomic E-state index is 5.86. The zero-order valence-electron chi connectivity index (χ0n) is 11.0. The van der Waals surface area contributed by atoms with Crippen molar-refractivity contribution in [3.05, 3.63) is 60.2 Å². The Morgan fingerprint density at radius 1 is 1.10 bits per heavy atom. The molecule has 1 heterocycles. The van der Waals surface area contributed by atoms with Crippen LogP contribution < -0.4 is 15.4 Å². The van der Waals surface area contributed by atoms with Crippen LogP contribution in [0.15, 0.2) is 54.6 Å². The molecule has 0 aromatic heterocycles. The molecule has 0 bridgehead atoms. The number of nitrogens with one attached hydrogen (secondary N) is 2. The van der Waals surface area contributed by atoms with Crippen molar-refractivity contribution in [2.75, 3.05) is 11.9 Å². The Bertz CT molecular complexity index is 575. The van der Waals surface area contributed by atoms with E-state index in [0.29, 0.717) is 11.7 Å². The Labute approximate surface area is 124 Å². The van der Waals surface area contributed by atoms with Gasteiger partial charge in [-0.15, -0.1) is 0 Å². The van der Waals surface area contributed by atoms with Gasteiger partial charge >= 0.3 is 0 Å². The summed E-state index contributed by atoms with van der Waals surface area (Å²) in [5, 5.41) is 6.98. The summed E-state index contributed by atoms with van der Waals surface area (Å²) >= 11 is 5.28. The lowest BCUT2D eigenvalue weighted by Crippen LogP contribution is -2.36. The van der Waals surface area contributed by atoms with Crippen LogP contribution in [0.5, 0.6) is 5.75 Å². The molecule has 0 radical (unpaired) electrons. The van der Waals surface area contributed by atoms with Gasteiger partial charge in [0.25, 0.3) is 0 Å². The lowest BCUT2D eigenvalue weighted by atomic mass is 10.1. The van der Waals surface area contributed by atoms with Crippen LogP contribution in [0.4, 0.5) is 5.69 Å². The third-order valence-corrected chi connectivity index (χ3v) is 3.48. The first-order valence-corrected chi connectivity index (χ1v) is 7.06. The monoisotopic (exact) mass is 284 g/mol. The zero-order chi connectivity index (χ0) is 13.8. The van der Waals surface area contributed by atoms with Crippen LogP contribution in [-0.4, -0.2) is 17.8 Å². The second-order valence-corrected chi connectivity index (χ2v) is 5.16. The first-order chi connectivity index (χ1) is 9.81. The standard InChI is InChI=1S/C16H16N2OS/c20-16(18-13-7-2-1-3-8-13)17-11-14-10-12-6-4-5-9-15(12)19-14/h1-9,14H,10-11H2,(H2,17,18,20). The van der Waals surface area contributed by atoms with Gasteiger partial charge in [-0.05, 0) is 36.0 Å². The van der Waals surface area contributed by atoms with Crippen LogP contribution >= 0.6 is 12.2 Å². The predicted molar refractivity (Wildman–Crippen MR) is 85.2 cm³/mol. The number of hydrogen-bond donors (Lipinski definition) is 2. The topological polar surface area (TPSA) is 33.3 Å². The van der Waals surface area contributed by atoms with Crippen molar-refractivity contribution >= 4 is 23.0 Å². The van der Waals surface area contributed by atoms with Gasteiger partial charge in [-0.25, -0.2) is 0 Å². The Hall–Kier alpha value is -2.07. The minimum atomic E-state index is 0.142. The number of para-hydroxylation sites is 2. The van der Waals surface area contributed by atoms with Crippen LogP contribution in [0.3, 0.4) is 0 Å². The fourth-order valence-electron chi connectivity index (χ4n) is 2.27.